The van der Waals surface area contributed by atoms with E-state index >= 15 is 0 Å². The number of carbonyl (C=O) groups excluding carboxylic acids is 1. The molecule has 0 unspecified atom stereocenters. The number of benzene rings is 1. The van der Waals surface area contributed by atoms with Gasteiger partial charge in [0, 0.05) is 24.5 Å². The van der Waals surface area contributed by atoms with Crippen molar-refractivity contribution in [1.29, 1.82) is 0 Å². The van der Waals surface area contributed by atoms with Crippen LogP contribution in [0.25, 0.3) is 16.9 Å². The highest BCUT2D eigenvalue weighted by molar-refractivity contribution is 6.06. The van der Waals surface area contributed by atoms with Crippen LogP contribution in [0.15, 0.2) is 67.1 Å². The van der Waals surface area contributed by atoms with Crippen LogP contribution < -0.4 is 10.6 Å². The number of amides is 1. The Kier molecular flexibility index (Phi) is 3.21. The van der Waals surface area contributed by atoms with Gasteiger partial charge in [0.05, 0.1) is 23.1 Å². The normalized spacial score (nSPS) is 12.8. The molecule has 4 aromatic rings. The molecule has 0 bridgehead atoms. The van der Waals surface area contributed by atoms with Gasteiger partial charge in [-0.15, -0.1) is 0 Å². The smallest absolute Gasteiger partial charge is 0.254 e. The fourth-order valence-electron chi connectivity index (χ4n) is 3.40. The number of nitrogens with zero attached hydrogens (tertiary/aromatic N) is 3. The minimum atomic E-state index is -0.0749. The molecule has 3 aromatic heterocycles. The second kappa shape index (κ2) is 5.70. The highest BCUT2D eigenvalue weighted by Gasteiger charge is 2.27. The van der Waals surface area contributed by atoms with Crippen molar-refractivity contribution in [2.75, 3.05) is 5.32 Å². The molecule has 1 aliphatic heterocycles. The summed E-state index contributed by atoms with van der Waals surface area (Å²) >= 11 is 0. The van der Waals surface area contributed by atoms with E-state index in [2.05, 4.69) is 20.6 Å². The lowest BCUT2D eigenvalue weighted by atomic mass is 9.99. The molecular formula is C20H15N5O. The first kappa shape index (κ1) is 14.7. The van der Waals surface area contributed by atoms with Crippen LogP contribution in [0, 0.1) is 0 Å². The van der Waals surface area contributed by atoms with E-state index in [0.29, 0.717) is 17.9 Å². The summed E-state index contributed by atoms with van der Waals surface area (Å²) in [7, 11) is 0. The predicted octanol–water partition coefficient (Wildman–Crippen LogP) is 3.38. The maximum absolute atomic E-state index is 12.5. The van der Waals surface area contributed by atoms with E-state index in [-0.39, 0.29) is 5.91 Å². The van der Waals surface area contributed by atoms with Crippen LogP contribution in [0.1, 0.15) is 15.9 Å². The number of hydrogen-bond donors (Lipinski definition) is 2. The van der Waals surface area contributed by atoms with Crippen molar-refractivity contribution in [3.63, 3.8) is 0 Å². The van der Waals surface area contributed by atoms with Gasteiger partial charge in [0.1, 0.15) is 11.5 Å². The fraction of sp³-hybridized carbons (Fsp3) is 0.0500. The minimum Gasteiger partial charge on any atom is -0.348 e. The van der Waals surface area contributed by atoms with E-state index in [1.165, 1.54) is 0 Å². The molecule has 0 aliphatic carbocycles. The number of anilines is 2. The highest BCUT2D eigenvalue weighted by atomic mass is 16.1. The van der Waals surface area contributed by atoms with Crippen molar-refractivity contribution >= 4 is 23.1 Å². The van der Waals surface area contributed by atoms with Gasteiger partial charge in [0.15, 0.2) is 0 Å². The van der Waals surface area contributed by atoms with Crippen molar-refractivity contribution < 1.29 is 4.79 Å². The molecule has 0 saturated carbocycles. The van der Waals surface area contributed by atoms with Crippen LogP contribution in [0.4, 0.5) is 11.5 Å². The quantitative estimate of drug-likeness (QED) is 0.599. The first-order chi connectivity index (χ1) is 12.8. The Hall–Kier alpha value is -3.67. The molecule has 6 heteroatoms. The number of imidazole rings is 1. The first-order valence-electron chi connectivity index (χ1n) is 8.36. The number of pyridine rings is 2. The number of carbonyl (C=O) groups is 1. The van der Waals surface area contributed by atoms with E-state index in [0.717, 1.165) is 28.2 Å². The van der Waals surface area contributed by atoms with Crippen LogP contribution >= 0.6 is 0 Å². The molecule has 126 valence electrons. The van der Waals surface area contributed by atoms with Gasteiger partial charge in [0.2, 0.25) is 0 Å². The SMILES string of the molecule is O=C1NCc2c(-c3cnc4ccccn34)ccc(Nc3ccccn3)c21. The predicted molar refractivity (Wildman–Crippen MR) is 99.3 cm³/mol. The molecular weight excluding hydrogens is 326 g/mol. The van der Waals surface area contributed by atoms with Crippen LogP contribution in [0.2, 0.25) is 0 Å². The van der Waals surface area contributed by atoms with Gasteiger partial charge in [0.25, 0.3) is 5.91 Å². The van der Waals surface area contributed by atoms with Gasteiger partial charge >= 0.3 is 0 Å². The molecule has 0 saturated heterocycles. The van der Waals surface area contributed by atoms with Gasteiger partial charge in [-0.1, -0.05) is 18.2 Å². The summed E-state index contributed by atoms with van der Waals surface area (Å²) < 4.78 is 2.03. The van der Waals surface area contributed by atoms with Crippen LogP contribution in [0.5, 0.6) is 0 Å². The van der Waals surface area contributed by atoms with Crippen molar-refractivity contribution in [2.24, 2.45) is 0 Å². The van der Waals surface area contributed by atoms with E-state index < -0.39 is 0 Å². The summed E-state index contributed by atoms with van der Waals surface area (Å²) in [6, 6.07) is 15.5. The molecule has 0 spiro atoms. The lowest BCUT2D eigenvalue weighted by Crippen LogP contribution is -2.13. The molecule has 5 rings (SSSR count). The van der Waals surface area contributed by atoms with E-state index in [1.807, 2.05) is 65.3 Å². The van der Waals surface area contributed by atoms with Gasteiger partial charge in [-0.2, -0.15) is 0 Å². The third-order valence-electron chi connectivity index (χ3n) is 4.59. The monoisotopic (exact) mass is 341 g/mol. The zero-order chi connectivity index (χ0) is 17.5. The summed E-state index contributed by atoms with van der Waals surface area (Å²) in [6.07, 6.45) is 5.54. The molecule has 1 aromatic carbocycles. The van der Waals surface area contributed by atoms with Crippen LogP contribution in [-0.2, 0) is 6.54 Å². The number of fused-ring (bicyclic) bond motifs is 2. The lowest BCUT2D eigenvalue weighted by Gasteiger charge is -2.12. The maximum Gasteiger partial charge on any atom is 0.254 e. The number of aromatic nitrogens is 3. The number of rotatable bonds is 3. The molecule has 0 atom stereocenters. The second-order valence-corrected chi connectivity index (χ2v) is 6.11. The van der Waals surface area contributed by atoms with E-state index in [4.69, 9.17) is 0 Å². The topological polar surface area (TPSA) is 71.3 Å². The Morgan fingerprint density at radius 1 is 1.04 bits per heavy atom. The third-order valence-corrected chi connectivity index (χ3v) is 4.59. The molecule has 0 radical (unpaired) electrons. The Bertz CT molecular complexity index is 1130. The van der Waals surface area contributed by atoms with Gasteiger partial charge in [-0.3, -0.25) is 9.20 Å². The zero-order valence-electron chi connectivity index (χ0n) is 13.8. The van der Waals surface area contributed by atoms with Crippen LogP contribution in [0.3, 0.4) is 0 Å². The molecule has 1 aliphatic rings. The van der Waals surface area contributed by atoms with Crippen molar-refractivity contribution in [2.45, 2.75) is 6.54 Å². The Labute approximate surface area is 149 Å². The highest BCUT2D eigenvalue weighted by Crippen LogP contribution is 2.35. The number of nitrogens with one attached hydrogen (secondary N) is 2. The largest absolute Gasteiger partial charge is 0.348 e. The summed E-state index contributed by atoms with van der Waals surface area (Å²) in [4.78, 5) is 21.2. The van der Waals surface area contributed by atoms with E-state index in [9.17, 15) is 4.79 Å². The number of hydrogen-bond acceptors (Lipinski definition) is 4. The maximum atomic E-state index is 12.5. The molecule has 0 fully saturated rings. The van der Waals surface area contributed by atoms with Crippen molar-refractivity contribution in [1.82, 2.24) is 19.7 Å². The molecule has 4 heterocycles. The standard InChI is InChI=1S/C20H15N5O/c26-20-19-14(11-23-20)13(16-12-22-18-6-2-4-10-25(16)18)7-8-15(19)24-17-5-1-3-9-21-17/h1-10,12H,11H2,(H,21,24)(H,23,26). The summed E-state index contributed by atoms with van der Waals surface area (Å²) in [5.41, 5.74) is 5.25. The lowest BCUT2D eigenvalue weighted by molar-refractivity contribution is 0.0966. The summed E-state index contributed by atoms with van der Waals surface area (Å²) in [5.74, 6) is 0.631. The van der Waals surface area contributed by atoms with Crippen molar-refractivity contribution in [3.8, 4) is 11.3 Å². The molecule has 1 amide bonds. The Morgan fingerprint density at radius 3 is 2.85 bits per heavy atom. The Morgan fingerprint density at radius 2 is 1.96 bits per heavy atom. The van der Waals surface area contributed by atoms with E-state index in [1.54, 1.807) is 6.20 Å². The zero-order valence-corrected chi connectivity index (χ0v) is 13.8. The minimum absolute atomic E-state index is 0.0749. The second-order valence-electron chi connectivity index (χ2n) is 6.11. The Balaban J connectivity index is 1.66. The fourth-order valence-corrected chi connectivity index (χ4v) is 3.40. The van der Waals surface area contributed by atoms with Gasteiger partial charge in [-0.25, -0.2) is 9.97 Å². The van der Waals surface area contributed by atoms with Gasteiger partial charge < -0.3 is 10.6 Å². The van der Waals surface area contributed by atoms with Crippen LogP contribution in [-0.4, -0.2) is 20.3 Å². The average Bonchev–Trinajstić information content (AvgIpc) is 3.28. The van der Waals surface area contributed by atoms with Gasteiger partial charge in [-0.05, 0) is 35.9 Å². The summed E-state index contributed by atoms with van der Waals surface area (Å²) in [6.45, 7) is 0.501. The average molecular weight is 341 g/mol. The molecule has 6 nitrogen and oxygen atoms in total. The first-order valence-corrected chi connectivity index (χ1v) is 8.36. The molecule has 2 N–H and O–H groups in total. The third kappa shape index (κ3) is 2.23. The molecule has 26 heavy (non-hydrogen) atoms. The van der Waals surface area contributed by atoms with Crippen molar-refractivity contribution in [3.05, 3.63) is 78.2 Å². The summed E-state index contributed by atoms with van der Waals surface area (Å²) in [5, 5.41) is 6.18.